The summed E-state index contributed by atoms with van der Waals surface area (Å²) in [7, 11) is -3.72. The first-order valence-corrected chi connectivity index (χ1v) is 8.39. The Kier molecular flexibility index (Phi) is 3.89. The first kappa shape index (κ1) is 14.6. The van der Waals surface area contributed by atoms with Gasteiger partial charge in [0, 0.05) is 18.2 Å². The number of benzene rings is 1. The molecule has 3 rings (SSSR count). The van der Waals surface area contributed by atoms with E-state index in [1.54, 1.807) is 31.2 Å². The van der Waals surface area contributed by atoms with E-state index in [1.165, 1.54) is 12.1 Å². The highest BCUT2D eigenvalue weighted by atomic mass is 32.2. The van der Waals surface area contributed by atoms with Crippen LogP contribution in [0.4, 0.5) is 5.82 Å². The largest absolute Gasteiger partial charge is 0.490 e. The van der Waals surface area contributed by atoms with Crippen LogP contribution in [0.1, 0.15) is 12.1 Å². The number of sulfonamides is 1. The van der Waals surface area contributed by atoms with E-state index in [9.17, 15) is 8.42 Å². The third-order valence-electron chi connectivity index (χ3n) is 3.16. The highest BCUT2D eigenvalue weighted by molar-refractivity contribution is 7.92. The van der Waals surface area contributed by atoms with Gasteiger partial charge in [0.05, 0.1) is 18.1 Å². The standard InChI is InChI=1S/C15H16N2O4S/c1-11-4-2-5-15(16-11)17-22(18,19)12-6-7-13-14(10-12)21-9-3-8-20-13/h2,4-7,10H,3,8-9H2,1H3,(H,16,17). The van der Waals surface area contributed by atoms with Gasteiger partial charge in [-0.2, -0.15) is 0 Å². The van der Waals surface area contributed by atoms with Crippen LogP contribution in [0.25, 0.3) is 0 Å². The number of fused-ring (bicyclic) bond motifs is 1. The van der Waals surface area contributed by atoms with Gasteiger partial charge >= 0.3 is 0 Å². The molecule has 0 unspecified atom stereocenters. The van der Waals surface area contributed by atoms with Gasteiger partial charge in [0.25, 0.3) is 10.0 Å². The summed E-state index contributed by atoms with van der Waals surface area (Å²) in [6, 6.07) is 9.72. The van der Waals surface area contributed by atoms with E-state index in [0.717, 1.165) is 12.1 Å². The van der Waals surface area contributed by atoms with Gasteiger partial charge < -0.3 is 9.47 Å². The maximum Gasteiger partial charge on any atom is 0.263 e. The minimum absolute atomic E-state index is 0.111. The Morgan fingerprint density at radius 3 is 2.64 bits per heavy atom. The van der Waals surface area contributed by atoms with Gasteiger partial charge in [-0.1, -0.05) is 6.07 Å². The maximum absolute atomic E-state index is 12.4. The highest BCUT2D eigenvalue weighted by Gasteiger charge is 2.19. The summed E-state index contributed by atoms with van der Waals surface area (Å²) in [5.41, 5.74) is 0.735. The summed E-state index contributed by atoms with van der Waals surface area (Å²) in [6.45, 7) is 2.86. The van der Waals surface area contributed by atoms with Gasteiger partial charge in [0.15, 0.2) is 11.5 Å². The predicted molar refractivity (Wildman–Crippen MR) is 81.8 cm³/mol. The lowest BCUT2D eigenvalue weighted by molar-refractivity contribution is 0.297. The minimum Gasteiger partial charge on any atom is -0.490 e. The molecule has 0 radical (unpaired) electrons. The van der Waals surface area contributed by atoms with Gasteiger partial charge in [-0.15, -0.1) is 0 Å². The van der Waals surface area contributed by atoms with Crippen LogP contribution in [-0.4, -0.2) is 26.6 Å². The molecule has 1 aliphatic rings. The van der Waals surface area contributed by atoms with Crippen LogP contribution in [0.2, 0.25) is 0 Å². The molecule has 0 saturated heterocycles. The molecule has 22 heavy (non-hydrogen) atoms. The van der Waals surface area contributed by atoms with E-state index in [-0.39, 0.29) is 10.7 Å². The number of rotatable bonds is 3. The lowest BCUT2D eigenvalue weighted by Crippen LogP contribution is -2.14. The number of aryl methyl sites for hydroxylation is 1. The van der Waals surface area contributed by atoms with Crippen LogP contribution in [-0.2, 0) is 10.0 Å². The van der Waals surface area contributed by atoms with Crippen LogP contribution in [0.5, 0.6) is 11.5 Å². The molecule has 0 bridgehead atoms. The molecule has 1 aromatic heterocycles. The van der Waals surface area contributed by atoms with Crippen molar-refractivity contribution in [1.29, 1.82) is 0 Å². The van der Waals surface area contributed by atoms with Crippen molar-refractivity contribution in [3.63, 3.8) is 0 Å². The second-order valence-corrected chi connectivity index (χ2v) is 6.61. The van der Waals surface area contributed by atoms with Crippen molar-refractivity contribution in [2.24, 2.45) is 0 Å². The fourth-order valence-corrected chi connectivity index (χ4v) is 3.12. The fourth-order valence-electron chi connectivity index (χ4n) is 2.11. The van der Waals surface area contributed by atoms with Crippen molar-refractivity contribution in [3.05, 3.63) is 42.1 Å². The molecule has 1 aliphatic heterocycles. The van der Waals surface area contributed by atoms with E-state index in [0.29, 0.717) is 24.7 Å². The van der Waals surface area contributed by atoms with Crippen LogP contribution in [0.3, 0.4) is 0 Å². The zero-order valence-electron chi connectivity index (χ0n) is 12.1. The summed E-state index contributed by atoms with van der Waals surface area (Å²) < 4.78 is 38.4. The molecule has 7 heteroatoms. The maximum atomic E-state index is 12.4. The van der Waals surface area contributed by atoms with Gasteiger partial charge in [-0.05, 0) is 31.2 Å². The molecule has 0 amide bonds. The number of aromatic nitrogens is 1. The smallest absolute Gasteiger partial charge is 0.263 e. The van der Waals surface area contributed by atoms with Gasteiger partial charge in [0.1, 0.15) is 5.82 Å². The summed E-state index contributed by atoms with van der Waals surface area (Å²) in [4.78, 5) is 4.25. The molecule has 0 fully saturated rings. The van der Waals surface area contributed by atoms with Gasteiger partial charge in [0.2, 0.25) is 0 Å². The van der Waals surface area contributed by atoms with Gasteiger partial charge in [-0.3, -0.25) is 4.72 Å². The summed E-state index contributed by atoms with van der Waals surface area (Å²) >= 11 is 0. The Morgan fingerprint density at radius 1 is 1.09 bits per heavy atom. The van der Waals surface area contributed by atoms with Crippen LogP contribution in [0, 0.1) is 6.92 Å². The monoisotopic (exact) mass is 320 g/mol. The molecule has 2 aromatic rings. The van der Waals surface area contributed by atoms with Crippen molar-refractivity contribution in [1.82, 2.24) is 4.98 Å². The van der Waals surface area contributed by atoms with Gasteiger partial charge in [-0.25, -0.2) is 13.4 Å². The Bertz CT molecular complexity index is 790. The molecule has 2 heterocycles. The van der Waals surface area contributed by atoms with E-state index < -0.39 is 10.0 Å². The Morgan fingerprint density at radius 2 is 1.86 bits per heavy atom. The minimum atomic E-state index is -3.72. The summed E-state index contributed by atoms with van der Waals surface area (Å²) in [5, 5.41) is 0. The Balaban J connectivity index is 1.90. The first-order valence-electron chi connectivity index (χ1n) is 6.91. The molecule has 1 aromatic carbocycles. The zero-order chi connectivity index (χ0) is 15.6. The predicted octanol–water partition coefficient (Wildman–Crippen LogP) is 2.35. The average Bonchev–Trinajstić information content (AvgIpc) is 2.71. The zero-order valence-corrected chi connectivity index (χ0v) is 12.9. The quantitative estimate of drug-likeness (QED) is 0.939. The highest BCUT2D eigenvalue weighted by Crippen LogP contribution is 2.32. The number of ether oxygens (including phenoxy) is 2. The van der Waals surface area contributed by atoms with E-state index in [2.05, 4.69) is 9.71 Å². The van der Waals surface area contributed by atoms with Crippen molar-refractivity contribution in [2.75, 3.05) is 17.9 Å². The number of pyridine rings is 1. The van der Waals surface area contributed by atoms with Crippen molar-refractivity contribution >= 4 is 15.8 Å². The van der Waals surface area contributed by atoms with Crippen molar-refractivity contribution in [3.8, 4) is 11.5 Å². The molecule has 0 spiro atoms. The molecular weight excluding hydrogens is 304 g/mol. The second-order valence-electron chi connectivity index (χ2n) is 4.93. The lowest BCUT2D eigenvalue weighted by atomic mass is 10.3. The van der Waals surface area contributed by atoms with E-state index in [1.807, 2.05) is 0 Å². The topological polar surface area (TPSA) is 77.5 Å². The van der Waals surface area contributed by atoms with Crippen LogP contribution < -0.4 is 14.2 Å². The van der Waals surface area contributed by atoms with E-state index >= 15 is 0 Å². The number of hydrogen-bond acceptors (Lipinski definition) is 5. The van der Waals surface area contributed by atoms with Crippen LogP contribution >= 0.6 is 0 Å². The van der Waals surface area contributed by atoms with Crippen molar-refractivity contribution < 1.29 is 17.9 Å². The molecule has 116 valence electrons. The number of nitrogens with zero attached hydrogens (tertiary/aromatic N) is 1. The molecule has 0 aliphatic carbocycles. The second kappa shape index (κ2) is 5.84. The van der Waals surface area contributed by atoms with Crippen LogP contribution in [0.15, 0.2) is 41.3 Å². The first-order chi connectivity index (χ1) is 10.5. The summed E-state index contributed by atoms with van der Waals surface area (Å²) in [5.74, 6) is 1.29. The Labute approximate surface area is 129 Å². The molecule has 1 N–H and O–H groups in total. The van der Waals surface area contributed by atoms with E-state index in [4.69, 9.17) is 9.47 Å². The number of anilines is 1. The van der Waals surface area contributed by atoms with Crippen molar-refractivity contribution in [2.45, 2.75) is 18.2 Å². The third-order valence-corrected chi connectivity index (χ3v) is 4.51. The SMILES string of the molecule is Cc1cccc(NS(=O)(=O)c2ccc3c(c2)OCCCO3)n1. The normalized spacial score (nSPS) is 14.2. The summed E-state index contributed by atoms with van der Waals surface area (Å²) in [6.07, 6.45) is 0.766. The molecular formula is C15H16N2O4S. The average molecular weight is 320 g/mol. The Hall–Kier alpha value is -2.28. The molecule has 6 nitrogen and oxygen atoms in total. The number of hydrogen-bond donors (Lipinski definition) is 1. The molecule has 0 saturated carbocycles. The molecule has 0 atom stereocenters. The lowest BCUT2D eigenvalue weighted by Gasteiger charge is -2.11. The number of nitrogens with one attached hydrogen (secondary N) is 1. The third kappa shape index (κ3) is 3.14. The fraction of sp³-hybridized carbons (Fsp3) is 0.267.